The second-order valence-corrected chi connectivity index (χ2v) is 8.28. The van der Waals surface area contributed by atoms with Gasteiger partial charge in [0, 0.05) is 6.07 Å². The summed E-state index contributed by atoms with van der Waals surface area (Å²) in [6.07, 6.45) is 0. The highest BCUT2D eigenvalue weighted by Crippen LogP contribution is 2.22. The zero-order chi connectivity index (χ0) is 26.1. The van der Waals surface area contributed by atoms with E-state index in [2.05, 4.69) is 31.2 Å². The Morgan fingerprint density at radius 3 is 2.64 bits per heavy atom. The number of nitrogens with two attached hydrogens (primary N) is 2. The maximum atomic E-state index is 13.6. The maximum Gasteiger partial charge on any atom is 0.277 e. The van der Waals surface area contributed by atoms with Crippen LogP contribution in [0.1, 0.15) is 16.3 Å². The highest BCUT2D eigenvalue weighted by molar-refractivity contribution is 9.10. The quantitative estimate of drug-likeness (QED) is 0.160. The predicted molar refractivity (Wildman–Crippen MR) is 133 cm³/mol. The first-order chi connectivity index (χ1) is 17.4. The fourth-order valence-corrected chi connectivity index (χ4v) is 3.93. The van der Waals surface area contributed by atoms with E-state index in [4.69, 9.17) is 30.8 Å². The predicted octanol–water partition coefficient (Wildman–Crippen LogP) is 0.579. The Morgan fingerprint density at radius 2 is 1.94 bits per heavy atom. The van der Waals surface area contributed by atoms with Crippen molar-refractivity contribution in [1.82, 2.24) is 19.9 Å². The van der Waals surface area contributed by atoms with Gasteiger partial charge < -0.3 is 36.1 Å². The van der Waals surface area contributed by atoms with E-state index in [9.17, 15) is 9.18 Å². The minimum atomic E-state index is -0.607. The molecule has 14 heteroatoms. The molecule has 0 unspecified atom stereocenters. The molecule has 196 valence electrons. The van der Waals surface area contributed by atoms with Gasteiger partial charge >= 0.3 is 0 Å². The third-order valence-corrected chi connectivity index (χ3v) is 5.87. The average Bonchev–Trinajstić information content (AvgIpc) is 3.15. The Balaban J connectivity index is 1.87. The lowest BCUT2D eigenvalue weighted by molar-refractivity contribution is -0.681. The molecule has 2 heterocycles. The van der Waals surface area contributed by atoms with Gasteiger partial charge in [-0.05, 0) is 28.1 Å². The first kappa shape index (κ1) is 27.5. The van der Waals surface area contributed by atoms with E-state index in [1.54, 1.807) is 11.7 Å². The molecule has 3 rings (SSSR count). The number of nitrogen functional groups attached to an aromatic ring is 2. The highest BCUT2D eigenvalue weighted by Gasteiger charge is 2.27. The molecule has 3 aromatic rings. The van der Waals surface area contributed by atoms with E-state index in [1.807, 2.05) is 22.8 Å². The SMILES string of the molecule is COc1ccc2c(c1)n(CCF)c(CNC(=O)c1nc(Br)c(N)nc1N)[n+]2CCOCCOCCO. The summed E-state index contributed by atoms with van der Waals surface area (Å²) in [5.41, 5.74) is 13.0. The largest absolute Gasteiger partial charge is 0.497 e. The number of aromatic nitrogens is 4. The van der Waals surface area contributed by atoms with Crippen molar-refractivity contribution in [2.45, 2.75) is 19.6 Å². The van der Waals surface area contributed by atoms with Crippen LogP contribution in [0.3, 0.4) is 0 Å². The van der Waals surface area contributed by atoms with Gasteiger partial charge in [-0.2, -0.15) is 0 Å². The Hall–Kier alpha value is -3.07. The number of rotatable bonds is 14. The molecule has 0 spiro atoms. The lowest BCUT2D eigenvalue weighted by Crippen LogP contribution is -2.43. The number of methoxy groups -OCH3 is 1. The second kappa shape index (κ2) is 13.3. The minimum Gasteiger partial charge on any atom is -0.497 e. The van der Waals surface area contributed by atoms with Crippen LogP contribution in [0.15, 0.2) is 22.8 Å². The standard InChI is InChI=1S/C22H29BrFN7O5/c1-34-14-2-3-15-16(12-14)30(5-4-24)17(31(15)6-8-35-10-11-36-9-7-32)13-27-22(33)18-20(25)29-21(26)19(23)28-18/h2-3,12,32H,4-11,13H2,1H3,(H4-,25,26,27,29,33)/p+1. The normalized spacial score (nSPS) is 11.2. The number of aliphatic hydroxyl groups excluding tert-OH is 1. The van der Waals surface area contributed by atoms with Gasteiger partial charge in [-0.3, -0.25) is 4.79 Å². The molecule has 0 radical (unpaired) electrons. The molecule has 0 saturated heterocycles. The van der Waals surface area contributed by atoms with Crippen molar-refractivity contribution in [3.05, 3.63) is 34.3 Å². The van der Waals surface area contributed by atoms with Gasteiger partial charge in [0.05, 0.1) is 40.1 Å². The second-order valence-electron chi connectivity index (χ2n) is 7.53. The highest BCUT2D eigenvalue weighted by atomic mass is 79.9. The van der Waals surface area contributed by atoms with Crippen LogP contribution in [0.5, 0.6) is 5.75 Å². The van der Waals surface area contributed by atoms with Gasteiger partial charge in [0.25, 0.3) is 11.7 Å². The molecule has 0 aliphatic heterocycles. The number of halogens is 2. The molecule has 2 aromatic heterocycles. The van der Waals surface area contributed by atoms with Gasteiger partial charge in [-0.15, -0.1) is 0 Å². The number of aliphatic hydroxyl groups is 1. The summed E-state index contributed by atoms with van der Waals surface area (Å²) in [6, 6.07) is 5.50. The first-order valence-corrected chi connectivity index (χ1v) is 12.0. The zero-order valence-electron chi connectivity index (χ0n) is 19.9. The molecule has 0 atom stereocenters. The fourth-order valence-electron chi connectivity index (χ4n) is 3.67. The Kier molecular flexibility index (Phi) is 10.2. The van der Waals surface area contributed by atoms with Crippen LogP contribution in [0, 0.1) is 0 Å². The monoisotopic (exact) mass is 570 g/mol. The molecule has 1 aromatic carbocycles. The van der Waals surface area contributed by atoms with Gasteiger partial charge in [0.15, 0.2) is 28.4 Å². The molecular formula is C22H30BrFN7O5+. The van der Waals surface area contributed by atoms with Crippen LogP contribution in [0.2, 0.25) is 0 Å². The summed E-state index contributed by atoms with van der Waals surface area (Å²) < 4.78 is 33.7. The van der Waals surface area contributed by atoms with E-state index in [1.165, 1.54) is 0 Å². The summed E-state index contributed by atoms with van der Waals surface area (Å²) in [6.45, 7) is 1.21. The van der Waals surface area contributed by atoms with Crippen LogP contribution in [-0.4, -0.2) is 72.4 Å². The van der Waals surface area contributed by atoms with Crippen LogP contribution >= 0.6 is 15.9 Å². The number of ether oxygens (including phenoxy) is 3. The van der Waals surface area contributed by atoms with Crippen molar-refractivity contribution in [3.8, 4) is 5.75 Å². The van der Waals surface area contributed by atoms with Gasteiger partial charge in [0.1, 0.15) is 36.7 Å². The molecule has 0 saturated carbocycles. The van der Waals surface area contributed by atoms with E-state index in [0.29, 0.717) is 37.9 Å². The average molecular weight is 571 g/mol. The van der Waals surface area contributed by atoms with Gasteiger partial charge in [-0.1, -0.05) is 0 Å². The summed E-state index contributed by atoms with van der Waals surface area (Å²) in [4.78, 5) is 20.9. The number of anilines is 2. The van der Waals surface area contributed by atoms with Crippen LogP contribution in [-0.2, 0) is 29.1 Å². The third kappa shape index (κ3) is 6.57. The smallest absolute Gasteiger partial charge is 0.277 e. The van der Waals surface area contributed by atoms with Crippen LogP contribution in [0.4, 0.5) is 16.0 Å². The molecule has 1 amide bonds. The number of benzene rings is 1. The van der Waals surface area contributed by atoms with Crippen molar-refractivity contribution < 1.29 is 33.1 Å². The molecule has 6 N–H and O–H groups in total. The van der Waals surface area contributed by atoms with E-state index < -0.39 is 12.6 Å². The van der Waals surface area contributed by atoms with Gasteiger partial charge in [0.2, 0.25) is 0 Å². The molecule has 0 bridgehead atoms. The van der Waals surface area contributed by atoms with Crippen LogP contribution < -0.4 is 26.1 Å². The Labute approximate surface area is 215 Å². The van der Waals surface area contributed by atoms with Gasteiger partial charge in [-0.25, -0.2) is 23.5 Å². The number of nitrogens with one attached hydrogen (secondary N) is 1. The van der Waals surface area contributed by atoms with E-state index in [0.717, 1.165) is 11.0 Å². The molecule has 12 nitrogen and oxygen atoms in total. The lowest BCUT2D eigenvalue weighted by atomic mass is 10.3. The van der Waals surface area contributed by atoms with Crippen molar-refractivity contribution >= 4 is 44.5 Å². The minimum absolute atomic E-state index is 0.0486. The summed E-state index contributed by atoms with van der Waals surface area (Å²) >= 11 is 3.15. The Bertz CT molecular complexity index is 1190. The number of alkyl halides is 1. The zero-order valence-corrected chi connectivity index (χ0v) is 21.5. The van der Waals surface area contributed by atoms with E-state index >= 15 is 0 Å². The number of hydrogen-bond acceptors (Lipinski definition) is 9. The third-order valence-electron chi connectivity index (χ3n) is 5.29. The number of imidazole rings is 1. The molecule has 36 heavy (non-hydrogen) atoms. The maximum absolute atomic E-state index is 13.6. The lowest BCUT2D eigenvalue weighted by Gasteiger charge is -2.09. The number of nitrogens with zero attached hydrogens (tertiary/aromatic N) is 4. The molecule has 0 fully saturated rings. The number of fused-ring (bicyclic) bond motifs is 1. The molecular weight excluding hydrogens is 541 g/mol. The first-order valence-electron chi connectivity index (χ1n) is 11.2. The Morgan fingerprint density at radius 1 is 1.19 bits per heavy atom. The molecule has 0 aliphatic rings. The van der Waals surface area contributed by atoms with Crippen molar-refractivity contribution in [2.24, 2.45) is 0 Å². The molecule has 0 aliphatic carbocycles. The van der Waals surface area contributed by atoms with Crippen molar-refractivity contribution in [1.29, 1.82) is 0 Å². The summed E-state index contributed by atoms with van der Waals surface area (Å²) in [7, 11) is 1.56. The van der Waals surface area contributed by atoms with Crippen molar-refractivity contribution in [3.63, 3.8) is 0 Å². The van der Waals surface area contributed by atoms with Crippen LogP contribution in [0.25, 0.3) is 11.0 Å². The number of aryl methyl sites for hydroxylation is 1. The number of hydrogen-bond donors (Lipinski definition) is 4. The summed E-state index contributed by atoms with van der Waals surface area (Å²) in [5, 5.41) is 11.6. The number of carbonyl (C=O) groups is 1. The number of amides is 1. The van der Waals surface area contributed by atoms with Crippen molar-refractivity contribution in [2.75, 3.05) is 58.3 Å². The number of carbonyl (C=O) groups excluding carboxylic acids is 1. The summed E-state index contributed by atoms with van der Waals surface area (Å²) in [5.74, 6) is 0.673. The van der Waals surface area contributed by atoms with E-state index in [-0.39, 0.29) is 48.2 Å². The fraction of sp³-hybridized carbons (Fsp3) is 0.455. The topological polar surface area (TPSA) is 164 Å².